The average molecular weight is 291 g/mol. The van der Waals surface area contributed by atoms with Gasteiger partial charge in [0.25, 0.3) is 0 Å². The maximum absolute atomic E-state index is 6.02. The molecule has 2 aromatic rings. The lowest BCUT2D eigenvalue weighted by molar-refractivity contribution is 0.0820. The van der Waals surface area contributed by atoms with Gasteiger partial charge in [0, 0.05) is 37.2 Å². The van der Waals surface area contributed by atoms with Crippen LogP contribution in [0.1, 0.15) is 18.9 Å². The first-order chi connectivity index (χ1) is 9.79. The molecule has 1 saturated heterocycles. The van der Waals surface area contributed by atoms with Gasteiger partial charge in [-0.05, 0) is 24.3 Å². The van der Waals surface area contributed by atoms with Gasteiger partial charge in [0.05, 0.1) is 6.10 Å². The van der Waals surface area contributed by atoms with E-state index in [0.717, 1.165) is 37.5 Å². The van der Waals surface area contributed by atoms with E-state index in [-0.39, 0.29) is 6.10 Å². The molecular formula is C16H19ClN2O. The Bertz CT molecular complexity index is 602. The predicted octanol–water partition coefficient (Wildman–Crippen LogP) is 3.59. The minimum absolute atomic E-state index is 0.241. The van der Waals surface area contributed by atoms with E-state index in [1.165, 1.54) is 10.8 Å². The van der Waals surface area contributed by atoms with Crippen molar-refractivity contribution in [3.8, 4) is 0 Å². The maximum atomic E-state index is 6.02. The molecule has 1 aromatic carbocycles. The molecule has 0 amide bonds. The van der Waals surface area contributed by atoms with Gasteiger partial charge in [-0.2, -0.15) is 0 Å². The van der Waals surface area contributed by atoms with Crippen molar-refractivity contribution < 1.29 is 4.74 Å². The Morgan fingerprint density at radius 1 is 1.35 bits per heavy atom. The number of ether oxygens (including phenoxy) is 1. The number of halogens is 1. The molecule has 0 saturated carbocycles. The third-order valence-electron chi connectivity index (χ3n) is 3.75. The highest BCUT2D eigenvalue weighted by atomic mass is 35.5. The van der Waals surface area contributed by atoms with E-state index < -0.39 is 0 Å². The lowest BCUT2D eigenvalue weighted by atomic mass is 10.1. The fourth-order valence-electron chi connectivity index (χ4n) is 2.78. The molecule has 1 aliphatic heterocycles. The zero-order chi connectivity index (χ0) is 13.9. The number of rotatable bonds is 2. The van der Waals surface area contributed by atoms with E-state index >= 15 is 0 Å². The summed E-state index contributed by atoms with van der Waals surface area (Å²) >= 11 is 6.02. The Labute approximate surface area is 124 Å². The Morgan fingerprint density at radius 2 is 2.15 bits per heavy atom. The van der Waals surface area contributed by atoms with Crippen LogP contribution in [0.3, 0.4) is 0 Å². The first kappa shape index (κ1) is 13.7. The van der Waals surface area contributed by atoms with E-state index in [0.29, 0.717) is 5.88 Å². The molecule has 1 unspecified atom stereocenters. The molecule has 20 heavy (non-hydrogen) atoms. The fraction of sp³-hybridized carbons (Fsp3) is 0.438. The quantitative estimate of drug-likeness (QED) is 0.791. The second kappa shape index (κ2) is 5.98. The van der Waals surface area contributed by atoms with Crippen molar-refractivity contribution in [1.82, 2.24) is 4.98 Å². The summed E-state index contributed by atoms with van der Waals surface area (Å²) in [7, 11) is 0. The van der Waals surface area contributed by atoms with Crippen LogP contribution in [-0.4, -0.2) is 30.8 Å². The van der Waals surface area contributed by atoms with Crippen LogP contribution in [0.25, 0.3) is 10.8 Å². The molecule has 3 rings (SSSR count). The highest BCUT2D eigenvalue weighted by Gasteiger charge is 2.18. The lowest BCUT2D eigenvalue weighted by Gasteiger charge is -2.25. The first-order valence-electron chi connectivity index (χ1n) is 7.08. The molecule has 106 valence electrons. The third kappa shape index (κ3) is 2.60. The lowest BCUT2D eigenvalue weighted by Crippen LogP contribution is -2.31. The SMILES string of the molecule is CC1CN(c2ncc(CCl)c3ccccc23)CCCO1. The molecule has 1 fully saturated rings. The number of hydrogen-bond donors (Lipinski definition) is 0. The third-order valence-corrected chi connectivity index (χ3v) is 4.04. The monoisotopic (exact) mass is 290 g/mol. The molecule has 1 atom stereocenters. The van der Waals surface area contributed by atoms with Crippen molar-refractivity contribution in [2.24, 2.45) is 0 Å². The van der Waals surface area contributed by atoms with E-state index in [2.05, 4.69) is 41.1 Å². The zero-order valence-electron chi connectivity index (χ0n) is 11.7. The van der Waals surface area contributed by atoms with Crippen molar-refractivity contribution >= 4 is 28.2 Å². The van der Waals surface area contributed by atoms with Gasteiger partial charge < -0.3 is 9.64 Å². The molecule has 4 heteroatoms. The molecular weight excluding hydrogens is 272 g/mol. The normalized spacial score (nSPS) is 20.1. The second-order valence-corrected chi connectivity index (χ2v) is 5.53. The maximum Gasteiger partial charge on any atom is 0.136 e. The van der Waals surface area contributed by atoms with E-state index in [9.17, 15) is 0 Å². The average Bonchev–Trinajstić information content (AvgIpc) is 2.70. The minimum atomic E-state index is 0.241. The Balaban J connectivity index is 2.07. The summed E-state index contributed by atoms with van der Waals surface area (Å²) in [5.74, 6) is 1.54. The van der Waals surface area contributed by atoms with E-state index in [4.69, 9.17) is 16.3 Å². The molecule has 0 bridgehead atoms. The van der Waals surface area contributed by atoms with Crippen molar-refractivity contribution in [3.05, 3.63) is 36.0 Å². The molecule has 0 N–H and O–H groups in total. The summed E-state index contributed by atoms with van der Waals surface area (Å²) in [6, 6.07) is 8.36. The Morgan fingerprint density at radius 3 is 2.95 bits per heavy atom. The number of pyridine rings is 1. The topological polar surface area (TPSA) is 25.4 Å². The molecule has 0 spiro atoms. The summed E-state index contributed by atoms with van der Waals surface area (Å²) in [5.41, 5.74) is 1.09. The van der Waals surface area contributed by atoms with Crippen molar-refractivity contribution in [2.75, 3.05) is 24.6 Å². The first-order valence-corrected chi connectivity index (χ1v) is 7.62. The van der Waals surface area contributed by atoms with E-state index in [1.807, 2.05) is 6.20 Å². The predicted molar refractivity (Wildman–Crippen MR) is 83.5 cm³/mol. The fourth-order valence-corrected chi connectivity index (χ4v) is 2.99. The smallest absolute Gasteiger partial charge is 0.136 e. The highest BCUT2D eigenvalue weighted by Crippen LogP contribution is 2.29. The number of alkyl halides is 1. The van der Waals surface area contributed by atoms with Gasteiger partial charge in [0.1, 0.15) is 5.82 Å². The number of benzene rings is 1. The molecule has 0 aliphatic carbocycles. The molecule has 3 nitrogen and oxygen atoms in total. The molecule has 1 aromatic heterocycles. The zero-order valence-corrected chi connectivity index (χ0v) is 12.4. The van der Waals surface area contributed by atoms with Crippen molar-refractivity contribution in [3.63, 3.8) is 0 Å². The summed E-state index contributed by atoms with van der Waals surface area (Å²) in [6.45, 7) is 4.82. The number of fused-ring (bicyclic) bond motifs is 1. The Hall–Kier alpha value is -1.32. The van der Waals surface area contributed by atoms with Crippen LogP contribution in [0.15, 0.2) is 30.5 Å². The van der Waals surface area contributed by atoms with Gasteiger partial charge in [0.15, 0.2) is 0 Å². The molecule has 0 radical (unpaired) electrons. The summed E-state index contributed by atoms with van der Waals surface area (Å²) in [5, 5.41) is 2.38. The molecule has 1 aliphatic rings. The summed E-state index contributed by atoms with van der Waals surface area (Å²) in [6.07, 6.45) is 3.18. The van der Waals surface area contributed by atoms with Crippen LogP contribution in [0.5, 0.6) is 0 Å². The molecule has 2 heterocycles. The van der Waals surface area contributed by atoms with Gasteiger partial charge in [-0.15, -0.1) is 11.6 Å². The van der Waals surface area contributed by atoms with Crippen LogP contribution in [0.4, 0.5) is 5.82 Å². The van der Waals surface area contributed by atoms with Gasteiger partial charge in [-0.3, -0.25) is 0 Å². The van der Waals surface area contributed by atoms with Crippen LogP contribution >= 0.6 is 11.6 Å². The highest BCUT2D eigenvalue weighted by molar-refractivity contribution is 6.18. The van der Waals surface area contributed by atoms with Gasteiger partial charge in [0.2, 0.25) is 0 Å². The van der Waals surface area contributed by atoms with Crippen LogP contribution in [-0.2, 0) is 10.6 Å². The summed E-state index contributed by atoms with van der Waals surface area (Å²) < 4.78 is 5.72. The number of aromatic nitrogens is 1. The van der Waals surface area contributed by atoms with Gasteiger partial charge >= 0.3 is 0 Å². The van der Waals surface area contributed by atoms with Crippen LogP contribution < -0.4 is 4.90 Å². The van der Waals surface area contributed by atoms with Gasteiger partial charge in [-0.1, -0.05) is 24.3 Å². The number of hydrogen-bond acceptors (Lipinski definition) is 3. The van der Waals surface area contributed by atoms with Crippen molar-refractivity contribution in [2.45, 2.75) is 25.3 Å². The van der Waals surface area contributed by atoms with Crippen LogP contribution in [0.2, 0.25) is 0 Å². The van der Waals surface area contributed by atoms with Crippen LogP contribution in [0, 0.1) is 0 Å². The number of anilines is 1. The minimum Gasteiger partial charge on any atom is -0.377 e. The standard InChI is InChI=1S/C16H19ClN2O/c1-12-11-19(7-4-8-20-12)16-15-6-3-2-5-14(15)13(9-17)10-18-16/h2-3,5-6,10,12H,4,7-9,11H2,1H3. The summed E-state index contributed by atoms with van der Waals surface area (Å²) in [4.78, 5) is 6.99. The Kier molecular flexibility index (Phi) is 4.08. The largest absolute Gasteiger partial charge is 0.377 e. The number of nitrogens with zero attached hydrogens (tertiary/aromatic N) is 2. The second-order valence-electron chi connectivity index (χ2n) is 5.27. The van der Waals surface area contributed by atoms with Crippen molar-refractivity contribution in [1.29, 1.82) is 0 Å². The van der Waals surface area contributed by atoms with Gasteiger partial charge in [-0.25, -0.2) is 4.98 Å². The van der Waals surface area contributed by atoms with E-state index in [1.54, 1.807) is 0 Å².